The second-order valence-electron chi connectivity index (χ2n) is 6.82. The van der Waals surface area contributed by atoms with Gasteiger partial charge >= 0.3 is 0 Å². The van der Waals surface area contributed by atoms with Gasteiger partial charge in [-0.2, -0.15) is 10.3 Å². The van der Waals surface area contributed by atoms with Crippen LogP contribution in [-0.2, 0) is 12.8 Å². The fourth-order valence-corrected chi connectivity index (χ4v) is 3.39. The first kappa shape index (κ1) is 17.9. The Morgan fingerprint density at radius 1 is 0.964 bits per heavy atom. The van der Waals surface area contributed by atoms with Gasteiger partial charge in [0, 0.05) is 23.2 Å². The Morgan fingerprint density at radius 2 is 1.75 bits per heavy atom. The average molecular weight is 373 g/mol. The van der Waals surface area contributed by atoms with Gasteiger partial charge in [-0.05, 0) is 34.7 Å². The lowest BCUT2D eigenvalue weighted by molar-refractivity contribution is 0.766. The van der Waals surface area contributed by atoms with Crippen molar-refractivity contribution in [3.63, 3.8) is 0 Å². The normalized spacial score (nSPS) is 11.0. The van der Waals surface area contributed by atoms with Gasteiger partial charge in [0.05, 0.1) is 0 Å². The minimum atomic E-state index is 0.589. The van der Waals surface area contributed by atoms with Gasteiger partial charge in [0.1, 0.15) is 5.82 Å². The summed E-state index contributed by atoms with van der Waals surface area (Å²) in [6.45, 7) is 2.19. The number of aromatic nitrogens is 6. The van der Waals surface area contributed by atoms with Gasteiger partial charge in [-0.25, -0.2) is 0 Å². The number of unbranched alkanes of at least 4 members (excludes halogenated alkanes) is 1. The van der Waals surface area contributed by atoms with Crippen LogP contribution in [0.4, 0.5) is 5.82 Å². The van der Waals surface area contributed by atoms with E-state index in [0.29, 0.717) is 11.6 Å². The van der Waals surface area contributed by atoms with E-state index in [4.69, 9.17) is 5.73 Å². The van der Waals surface area contributed by atoms with Crippen LogP contribution in [0.2, 0.25) is 0 Å². The molecular formula is C21H23N7. The van der Waals surface area contributed by atoms with Gasteiger partial charge in [0.25, 0.3) is 0 Å². The summed E-state index contributed by atoms with van der Waals surface area (Å²) in [5.41, 5.74) is 12.7. The van der Waals surface area contributed by atoms with Crippen LogP contribution < -0.4 is 5.73 Å². The number of hydrogen-bond acceptors (Lipinski definition) is 5. The standard InChI is InChI=1S/C21H23N7/c1-2-3-8-19-18(20(22)24-23-19)13-14-9-11-15(12-10-14)16-6-4-5-7-17(16)21-25-27-28-26-21/h4-7,9-12H,2-3,8,13H2,1H3,(H3,22,23,24)(H,25,26,27,28). The van der Waals surface area contributed by atoms with Gasteiger partial charge in [0.2, 0.25) is 5.82 Å². The third kappa shape index (κ3) is 3.64. The zero-order valence-electron chi connectivity index (χ0n) is 15.8. The second-order valence-corrected chi connectivity index (χ2v) is 6.82. The van der Waals surface area contributed by atoms with E-state index >= 15 is 0 Å². The number of nitrogens with two attached hydrogens (primary N) is 1. The van der Waals surface area contributed by atoms with Gasteiger partial charge in [-0.1, -0.05) is 61.9 Å². The molecule has 0 unspecified atom stereocenters. The fraction of sp³-hybridized carbons (Fsp3) is 0.238. The van der Waals surface area contributed by atoms with Crippen LogP contribution in [0.1, 0.15) is 36.6 Å². The van der Waals surface area contributed by atoms with E-state index in [-0.39, 0.29) is 0 Å². The summed E-state index contributed by atoms with van der Waals surface area (Å²) in [6, 6.07) is 16.6. The monoisotopic (exact) mass is 373 g/mol. The number of nitrogens with one attached hydrogen (secondary N) is 2. The molecule has 0 aliphatic heterocycles. The van der Waals surface area contributed by atoms with Gasteiger partial charge < -0.3 is 5.73 Å². The van der Waals surface area contributed by atoms with Crippen molar-refractivity contribution in [1.29, 1.82) is 0 Å². The number of H-pyrrole nitrogens is 2. The predicted octanol–water partition coefficient (Wildman–Crippen LogP) is 3.77. The Labute approximate surface area is 163 Å². The summed E-state index contributed by atoms with van der Waals surface area (Å²) < 4.78 is 0. The predicted molar refractivity (Wildman–Crippen MR) is 109 cm³/mol. The Bertz CT molecular complexity index is 1030. The zero-order valence-corrected chi connectivity index (χ0v) is 15.8. The van der Waals surface area contributed by atoms with Crippen molar-refractivity contribution in [3.8, 4) is 22.5 Å². The minimum Gasteiger partial charge on any atom is -0.382 e. The molecule has 2 heterocycles. The van der Waals surface area contributed by atoms with Crippen LogP contribution in [0.3, 0.4) is 0 Å². The lowest BCUT2D eigenvalue weighted by atomic mass is 9.96. The van der Waals surface area contributed by atoms with Crippen molar-refractivity contribution in [3.05, 3.63) is 65.4 Å². The lowest BCUT2D eigenvalue weighted by Crippen LogP contribution is -1.98. The SMILES string of the molecule is CCCCc1[nH]nc(N)c1Cc1ccc(-c2ccccc2-c2nn[nH]n2)cc1. The maximum absolute atomic E-state index is 6.09. The molecular weight excluding hydrogens is 350 g/mol. The number of aryl methyl sites for hydroxylation is 1. The summed E-state index contributed by atoms with van der Waals surface area (Å²) in [7, 11) is 0. The minimum absolute atomic E-state index is 0.589. The van der Waals surface area contributed by atoms with Crippen LogP contribution >= 0.6 is 0 Å². The Kier molecular flexibility index (Phi) is 5.14. The highest BCUT2D eigenvalue weighted by Crippen LogP contribution is 2.30. The molecule has 0 amide bonds. The molecule has 0 spiro atoms. The lowest BCUT2D eigenvalue weighted by Gasteiger charge is -2.09. The molecule has 2 aromatic carbocycles. The molecule has 7 heteroatoms. The topological polar surface area (TPSA) is 109 Å². The largest absolute Gasteiger partial charge is 0.382 e. The number of hydrogen-bond donors (Lipinski definition) is 3. The molecule has 0 atom stereocenters. The number of anilines is 1. The first-order chi connectivity index (χ1) is 13.8. The molecule has 28 heavy (non-hydrogen) atoms. The van der Waals surface area contributed by atoms with Gasteiger partial charge in [-0.15, -0.1) is 10.2 Å². The number of benzene rings is 2. The van der Waals surface area contributed by atoms with E-state index in [0.717, 1.165) is 53.6 Å². The van der Waals surface area contributed by atoms with Crippen molar-refractivity contribution in [2.75, 3.05) is 5.73 Å². The van der Waals surface area contributed by atoms with Crippen LogP contribution in [-0.4, -0.2) is 30.8 Å². The van der Waals surface area contributed by atoms with E-state index in [1.807, 2.05) is 18.2 Å². The summed E-state index contributed by atoms with van der Waals surface area (Å²) in [5.74, 6) is 1.18. The molecule has 0 aliphatic carbocycles. The highest BCUT2D eigenvalue weighted by Gasteiger charge is 2.13. The average Bonchev–Trinajstić information content (AvgIpc) is 3.38. The van der Waals surface area contributed by atoms with Crippen LogP contribution in [0.5, 0.6) is 0 Å². The summed E-state index contributed by atoms with van der Waals surface area (Å²) >= 11 is 0. The van der Waals surface area contributed by atoms with Crippen LogP contribution in [0.15, 0.2) is 48.5 Å². The molecule has 2 aromatic heterocycles. The molecule has 0 saturated carbocycles. The van der Waals surface area contributed by atoms with Crippen molar-refractivity contribution in [2.24, 2.45) is 0 Å². The molecule has 4 N–H and O–H groups in total. The molecule has 4 rings (SSSR count). The summed E-state index contributed by atoms with van der Waals surface area (Å²) in [5, 5.41) is 21.7. The highest BCUT2D eigenvalue weighted by molar-refractivity contribution is 5.80. The summed E-state index contributed by atoms with van der Waals surface area (Å²) in [6.07, 6.45) is 4.02. The quantitative estimate of drug-likeness (QED) is 0.457. The maximum atomic E-state index is 6.09. The first-order valence-electron chi connectivity index (χ1n) is 9.50. The van der Waals surface area contributed by atoms with E-state index in [1.165, 1.54) is 5.56 Å². The van der Waals surface area contributed by atoms with Crippen molar-refractivity contribution in [2.45, 2.75) is 32.6 Å². The Morgan fingerprint density at radius 3 is 2.46 bits per heavy atom. The second kappa shape index (κ2) is 8.04. The van der Waals surface area contributed by atoms with Gasteiger partial charge in [-0.3, -0.25) is 5.10 Å². The van der Waals surface area contributed by atoms with E-state index in [9.17, 15) is 0 Å². The van der Waals surface area contributed by atoms with Crippen LogP contribution in [0.25, 0.3) is 22.5 Å². The zero-order chi connectivity index (χ0) is 19.3. The first-order valence-corrected chi connectivity index (χ1v) is 9.50. The van der Waals surface area contributed by atoms with E-state index in [2.05, 4.69) is 68.1 Å². The van der Waals surface area contributed by atoms with E-state index in [1.54, 1.807) is 0 Å². The number of aromatic amines is 2. The Hall–Kier alpha value is -3.48. The van der Waals surface area contributed by atoms with Crippen molar-refractivity contribution < 1.29 is 0 Å². The molecule has 4 aromatic rings. The molecule has 7 nitrogen and oxygen atoms in total. The fourth-order valence-electron chi connectivity index (χ4n) is 3.39. The highest BCUT2D eigenvalue weighted by atomic mass is 15.5. The molecule has 0 aliphatic rings. The van der Waals surface area contributed by atoms with Crippen LogP contribution in [0, 0.1) is 0 Å². The number of nitrogen functional groups attached to an aromatic ring is 1. The maximum Gasteiger partial charge on any atom is 0.205 e. The third-order valence-electron chi connectivity index (χ3n) is 4.92. The number of nitrogens with zero attached hydrogens (tertiary/aromatic N) is 4. The third-order valence-corrected chi connectivity index (χ3v) is 4.92. The van der Waals surface area contributed by atoms with E-state index < -0.39 is 0 Å². The smallest absolute Gasteiger partial charge is 0.205 e. The van der Waals surface area contributed by atoms with Gasteiger partial charge in [0.15, 0.2) is 0 Å². The van der Waals surface area contributed by atoms with Crippen molar-refractivity contribution in [1.82, 2.24) is 30.8 Å². The number of tetrazole rings is 1. The molecule has 0 saturated heterocycles. The number of rotatable bonds is 7. The summed E-state index contributed by atoms with van der Waals surface area (Å²) in [4.78, 5) is 0. The molecule has 0 radical (unpaired) electrons. The van der Waals surface area contributed by atoms with Crippen molar-refractivity contribution >= 4 is 5.82 Å². The Balaban J connectivity index is 1.59. The molecule has 0 bridgehead atoms. The molecule has 142 valence electrons. The molecule has 0 fully saturated rings.